The smallest absolute Gasteiger partial charge is 0.333 e. The third-order valence-corrected chi connectivity index (χ3v) is 6.85. The fourth-order valence-electron chi connectivity index (χ4n) is 4.17. The Kier molecular flexibility index (Phi) is 7.95. The standard InChI is InChI=1S/C23H25BrFN5O4S/c24-18-3-1-2-15(8-18)4-6-30-7-5-17(12-30)22(31)19-11-27-14-28-23(19)29-21-10-16(9-20(21)25)13-34-35(26,32)33/h1-3,5,7-8,11-12,14,16,20-21H,4,6,9-10,13H2,(H2,26,32,33)(H,27,28,29). The molecule has 1 saturated carbocycles. The number of carbonyl (C=O) groups is 1. The van der Waals surface area contributed by atoms with E-state index in [0.29, 0.717) is 18.5 Å². The Balaban J connectivity index is 1.41. The van der Waals surface area contributed by atoms with Crippen LogP contribution in [0.2, 0.25) is 0 Å². The lowest BCUT2D eigenvalue weighted by atomic mass is 10.1. The minimum Gasteiger partial charge on any atom is -0.364 e. The van der Waals surface area contributed by atoms with Crippen LogP contribution in [0.1, 0.15) is 34.3 Å². The summed E-state index contributed by atoms with van der Waals surface area (Å²) >= 11 is 3.47. The average molecular weight is 566 g/mol. The third kappa shape index (κ3) is 6.94. The summed E-state index contributed by atoms with van der Waals surface area (Å²) in [4.78, 5) is 21.3. The second-order valence-electron chi connectivity index (χ2n) is 8.51. The normalized spacial score (nSPS) is 20.1. The van der Waals surface area contributed by atoms with Gasteiger partial charge in [-0.05, 0) is 48.9 Å². The van der Waals surface area contributed by atoms with E-state index in [-0.39, 0.29) is 36.1 Å². The van der Waals surface area contributed by atoms with Crippen molar-refractivity contribution in [1.29, 1.82) is 0 Å². The predicted octanol–water partition coefficient (Wildman–Crippen LogP) is 3.26. The first-order valence-corrected chi connectivity index (χ1v) is 13.3. The maximum Gasteiger partial charge on any atom is 0.333 e. The van der Waals surface area contributed by atoms with E-state index in [0.717, 1.165) is 10.9 Å². The second kappa shape index (κ2) is 10.9. The van der Waals surface area contributed by atoms with Gasteiger partial charge < -0.3 is 9.88 Å². The highest BCUT2D eigenvalue weighted by Crippen LogP contribution is 2.32. The van der Waals surface area contributed by atoms with E-state index < -0.39 is 22.5 Å². The van der Waals surface area contributed by atoms with Crippen LogP contribution in [0.25, 0.3) is 0 Å². The van der Waals surface area contributed by atoms with Crippen LogP contribution >= 0.6 is 15.9 Å². The molecule has 3 atom stereocenters. The third-order valence-electron chi connectivity index (χ3n) is 5.89. The monoisotopic (exact) mass is 565 g/mol. The van der Waals surface area contributed by atoms with Gasteiger partial charge in [0, 0.05) is 35.2 Å². The van der Waals surface area contributed by atoms with E-state index in [9.17, 15) is 17.6 Å². The fraction of sp³-hybridized carbons (Fsp3) is 0.348. The van der Waals surface area contributed by atoms with Gasteiger partial charge in [0.05, 0.1) is 18.2 Å². The Morgan fingerprint density at radius 2 is 2.14 bits per heavy atom. The number of anilines is 1. The van der Waals surface area contributed by atoms with E-state index in [1.165, 1.54) is 18.1 Å². The van der Waals surface area contributed by atoms with Gasteiger partial charge in [-0.25, -0.2) is 19.5 Å². The summed E-state index contributed by atoms with van der Waals surface area (Å²) in [6.45, 7) is 0.508. The van der Waals surface area contributed by atoms with Crippen molar-refractivity contribution in [3.05, 3.63) is 76.4 Å². The molecule has 9 nitrogen and oxygen atoms in total. The van der Waals surface area contributed by atoms with Gasteiger partial charge >= 0.3 is 10.3 Å². The van der Waals surface area contributed by atoms with Crippen LogP contribution in [-0.4, -0.2) is 47.6 Å². The molecule has 186 valence electrons. The number of aromatic nitrogens is 3. The number of nitrogens with one attached hydrogen (secondary N) is 1. The number of halogens is 2. The molecule has 2 heterocycles. The molecule has 0 saturated heterocycles. The molecule has 0 bridgehead atoms. The predicted molar refractivity (Wildman–Crippen MR) is 132 cm³/mol. The minimum atomic E-state index is -4.09. The van der Waals surface area contributed by atoms with Crippen molar-refractivity contribution in [3.8, 4) is 0 Å². The molecule has 0 amide bonds. The maximum absolute atomic E-state index is 14.6. The highest BCUT2D eigenvalue weighted by atomic mass is 79.9. The molecule has 3 unspecified atom stereocenters. The Hall–Kier alpha value is -2.67. The largest absolute Gasteiger partial charge is 0.364 e. The van der Waals surface area contributed by atoms with Crippen molar-refractivity contribution in [2.45, 2.75) is 38.0 Å². The molecule has 4 rings (SSSR count). The number of hydrogen-bond donors (Lipinski definition) is 2. The van der Waals surface area contributed by atoms with Crippen LogP contribution in [0.3, 0.4) is 0 Å². The van der Waals surface area contributed by atoms with E-state index in [2.05, 4.69) is 41.5 Å². The van der Waals surface area contributed by atoms with Gasteiger partial charge in [0.1, 0.15) is 18.3 Å². The lowest BCUT2D eigenvalue weighted by Gasteiger charge is -2.17. The SMILES string of the molecule is NS(=O)(=O)OCC1CC(F)C(Nc2ncncc2C(=O)c2ccn(CCc3cccc(Br)c3)c2)C1. The molecule has 3 aromatic rings. The van der Waals surface area contributed by atoms with Gasteiger partial charge in [0.15, 0.2) is 5.78 Å². The minimum absolute atomic E-state index is 0.113. The first kappa shape index (κ1) is 25.4. The molecule has 0 spiro atoms. The number of rotatable bonds is 10. The zero-order valence-corrected chi connectivity index (χ0v) is 21.1. The molecule has 1 aliphatic carbocycles. The van der Waals surface area contributed by atoms with Crippen LogP contribution in [0.4, 0.5) is 10.2 Å². The molecule has 0 aliphatic heterocycles. The van der Waals surface area contributed by atoms with Crippen molar-refractivity contribution in [2.75, 3.05) is 11.9 Å². The summed E-state index contributed by atoms with van der Waals surface area (Å²) in [6, 6.07) is 9.14. The summed E-state index contributed by atoms with van der Waals surface area (Å²) in [5.41, 5.74) is 1.88. The Morgan fingerprint density at radius 1 is 1.31 bits per heavy atom. The molecule has 12 heteroatoms. The molecule has 1 aromatic carbocycles. The lowest BCUT2D eigenvalue weighted by Crippen LogP contribution is -2.27. The number of ketones is 1. The number of benzene rings is 1. The lowest BCUT2D eigenvalue weighted by molar-refractivity contribution is 0.103. The quantitative estimate of drug-likeness (QED) is 0.361. The van der Waals surface area contributed by atoms with Crippen molar-refractivity contribution < 1.29 is 21.8 Å². The summed E-state index contributed by atoms with van der Waals surface area (Å²) in [7, 11) is -4.09. The zero-order valence-electron chi connectivity index (χ0n) is 18.7. The molecule has 35 heavy (non-hydrogen) atoms. The van der Waals surface area contributed by atoms with Crippen molar-refractivity contribution in [1.82, 2.24) is 14.5 Å². The molecule has 0 radical (unpaired) electrons. The number of aryl methyl sites for hydroxylation is 2. The van der Waals surface area contributed by atoms with Gasteiger partial charge in [0.2, 0.25) is 0 Å². The van der Waals surface area contributed by atoms with Gasteiger partial charge in [-0.2, -0.15) is 8.42 Å². The van der Waals surface area contributed by atoms with E-state index in [1.54, 1.807) is 12.3 Å². The molecule has 3 N–H and O–H groups in total. The van der Waals surface area contributed by atoms with Crippen molar-refractivity contribution in [3.63, 3.8) is 0 Å². The summed E-state index contributed by atoms with van der Waals surface area (Å²) in [5, 5.41) is 7.85. The van der Waals surface area contributed by atoms with Gasteiger partial charge in [-0.1, -0.05) is 28.1 Å². The first-order chi connectivity index (χ1) is 16.7. The van der Waals surface area contributed by atoms with Crippen LogP contribution in [0.5, 0.6) is 0 Å². The van der Waals surface area contributed by atoms with Crippen LogP contribution in [0, 0.1) is 5.92 Å². The molecular weight excluding hydrogens is 541 g/mol. The first-order valence-electron chi connectivity index (χ1n) is 11.0. The Morgan fingerprint density at radius 3 is 2.91 bits per heavy atom. The van der Waals surface area contributed by atoms with Crippen molar-refractivity contribution in [2.24, 2.45) is 11.1 Å². The number of nitrogens with two attached hydrogens (primary N) is 1. The average Bonchev–Trinajstić information content (AvgIpc) is 3.43. The van der Waals surface area contributed by atoms with Gasteiger partial charge in [-0.15, -0.1) is 0 Å². The molecule has 2 aromatic heterocycles. The fourth-order valence-corrected chi connectivity index (χ4v) is 5.00. The topological polar surface area (TPSA) is 129 Å². The Labute approximate surface area is 211 Å². The molecule has 1 fully saturated rings. The van der Waals surface area contributed by atoms with E-state index >= 15 is 0 Å². The Bertz CT molecular complexity index is 1300. The van der Waals surface area contributed by atoms with E-state index in [4.69, 9.17) is 5.14 Å². The van der Waals surface area contributed by atoms with Crippen LogP contribution in [0.15, 0.2) is 59.7 Å². The number of alkyl halides is 1. The van der Waals surface area contributed by atoms with Crippen molar-refractivity contribution >= 4 is 37.8 Å². The van der Waals surface area contributed by atoms with Gasteiger partial charge in [0.25, 0.3) is 0 Å². The molecular formula is C23H25BrFN5O4S. The maximum atomic E-state index is 14.6. The van der Waals surface area contributed by atoms with E-state index in [1.807, 2.05) is 29.0 Å². The number of hydrogen-bond acceptors (Lipinski definition) is 7. The number of nitrogens with zero attached hydrogens (tertiary/aromatic N) is 3. The van der Waals surface area contributed by atoms with Crippen LogP contribution < -0.4 is 10.5 Å². The van der Waals surface area contributed by atoms with Crippen LogP contribution in [-0.2, 0) is 27.5 Å². The summed E-state index contributed by atoms with van der Waals surface area (Å²) < 4.78 is 44.2. The molecule has 1 aliphatic rings. The summed E-state index contributed by atoms with van der Waals surface area (Å²) in [5.74, 6) is -0.384. The van der Waals surface area contributed by atoms with Gasteiger partial charge in [-0.3, -0.25) is 8.98 Å². The summed E-state index contributed by atoms with van der Waals surface area (Å²) in [6.07, 6.45) is 6.26. The highest BCUT2D eigenvalue weighted by molar-refractivity contribution is 9.10. The highest BCUT2D eigenvalue weighted by Gasteiger charge is 2.36. The zero-order chi connectivity index (χ0) is 25.0. The number of carbonyl (C=O) groups excluding carboxylic acids is 1. The second-order valence-corrected chi connectivity index (χ2v) is 10.7.